The quantitative estimate of drug-likeness (QED) is 0.795. The van der Waals surface area contributed by atoms with E-state index < -0.39 is 18.4 Å². The van der Waals surface area contributed by atoms with Crippen LogP contribution in [0.3, 0.4) is 0 Å². The van der Waals surface area contributed by atoms with Crippen molar-refractivity contribution in [1.82, 2.24) is 4.90 Å². The fourth-order valence-corrected chi connectivity index (χ4v) is 3.33. The summed E-state index contributed by atoms with van der Waals surface area (Å²) in [7, 11) is 0. The molecule has 2 fully saturated rings. The zero-order valence-corrected chi connectivity index (χ0v) is 12.8. The highest BCUT2D eigenvalue weighted by molar-refractivity contribution is 4.88. The van der Waals surface area contributed by atoms with Crippen LogP contribution in [-0.2, 0) is 9.47 Å². The van der Waals surface area contributed by atoms with Gasteiger partial charge in [0.1, 0.15) is 6.61 Å². The van der Waals surface area contributed by atoms with E-state index in [1.165, 1.54) is 0 Å². The van der Waals surface area contributed by atoms with E-state index in [1.807, 2.05) is 13.8 Å². The molecule has 3 nitrogen and oxygen atoms in total. The fraction of sp³-hybridized carbons (Fsp3) is 1.00. The molecule has 0 radical (unpaired) electrons. The Hall–Kier alpha value is -0.260. The summed E-state index contributed by atoms with van der Waals surface area (Å²) in [5.74, 6) is -3.24. The number of alkyl halides is 2. The molecule has 0 saturated carbocycles. The van der Waals surface area contributed by atoms with E-state index in [4.69, 9.17) is 9.47 Å². The third-order valence-electron chi connectivity index (χ3n) is 4.65. The second-order valence-electron chi connectivity index (χ2n) is 6.51. The first-order valence-corrected chi connectivity index (χ1v) is 7.71. The number of halogens is 2. The van der Waals surface area contributed by atoms with Crippen LogP contribution in [0.15, 0.2) is 0 Å². The fourth-order valence-electron chi connectivity index (χ4n) is 3.33. The van der Waals surface area contributed by atoms with Crippen LogP contribution in [0.2, 0.25) is 0 Å². The Kier molecular flexibility index (Phi) is 5.37. The monoisotopic (exact) mass is 291 g/mol. The van der Waals surface area contributed by atoms with Crippen LogP contribution < -0.4 is 0 Å². The van der Waals surface area contributed by atoms with Crippen LogP contribution in [0.25, 0.3) is 0 Å². The number of rotatable bonds is 4. The van der Waals surface area contributed by atoms with Gasteiger partial charge in [-0.15, -0.1) is 0 Å². The average molecular weight is 291 g/mol. The normalized spacial score (nSPS) is 33.3. The van der Waals surface area contributed by atoms with Gasteiger partial charge in [-0.1, -0.05) is 13.8 Å². The average Bonchev–Trinajstić information content (AvgIpc) is 2.41. The summed E-state index contributed by atoms with van der Waals surface area (Å²) < 4.78 is 38.4. The molecule has 0 amide bonds. The molecule has 0 N–H and O–H groups in total. The molecule has 2 heterocycles. The molecule has 2 aliphatic rings. The lowest BCUT2D eigenvalue weighted by atomic mass is 9.82. The largest absolute Gasteiger partial charge is 0.379 e. The van der Waals surface area contributed by atoms with Gasteiger partial charge in [0.05, 0.1) is 19.3 Å². The molecule has 3 atom stereocenters. The minimum atomic E-state index is -2.67. The second kappa shape index (κ2) is 6.67. The van der Waals surface area contributed by atoms with Crippen LogP contribution in [0.4, 0.5) is 8.78 Å². The van der Waals surface area contributed by atoms with E-state index in [1.54, 1.807) is 0 Å². The SMILES string of the molecule is CC(C)C1CC(CC(C)N2CCOCC2)OCC1(F)F. The Morgan fingerprint density at radius 3 is 2.45 bits per heavy atom. The minimum absolute atomic E-state index is 0.00454. The van der Waals surface area contributed by atoms with Crippen molar-refractivity contribution in [3.63, 3.8) is 0 Å². The van der Waals surface area contributed by atoms with E-state index in [9.17, 15) is 8.78 Å². The first kappa shape index (κ1) is 16.1. The minimum Gasteiger partial charge on any atom is -0.379 e. The lowest BCUT2D eigenvalue weighted by Gasteiger charge is -2.40. The number of nitrogens with zero attached hydrogens (tertiary/aromatic N) is 1. The Morgan fingerprint density at radius 2 is 1.85 bits per heavy atom. The lowest BCUT2D eigenvalue weighted by Crippen LogP contribution is -2.48. The smallest absolute Gasteiger partial charge is 0.274 e. The van der Waals surface area contributed by atoms with E-state index >= 15 is 0 Å². The second-order valence-corrected chi connectivity index (χ2v) is 6.51. The number of hydrogen-bond donors (Lipinski definition) is 0. The third kappa shape index (κ3) is 3.89. The van der Waals surface area contributed by atoms with Crippen molar-refractivity contribution in [2.24, 2.45) is 11.8 Å². The molecule has 0 aromatic heterocycles. The molecule has 0 bridgehead atoms. The van der Waals surface area contributed by atoms with Crippen molar-refractivity contribution in [3.05, 3.63) is 0 Å². The van der Waals surface area contributed by atoms with Crippen molar-refractivity contribution in [2.45, 2.75) is 51.7 Å². The lowest BCUT2D eigenvalue weighted by molar-refractivity contribution is -0.194. The summed E-state index contributed by atoms with van der Waals surface area (Å²) in [5, 5.41) is 0. The van der Waals surface area contributed by atoms with Crippen LogP contribution in [0.5, 0.6) is 0 Å². The number of morpholine rings is 1. The van der Waals surface area contributed by atoms with Gasteiger partial charge in [-0.2, -0.15) is 0 Å². The molecular formula is C15H27F2NO2. The molecule has 0 aliphatic carbocycles. The van der Waals surface area contributed by atoms with Crippen LogP contribution in [0.1, 0.15) is 33.6 Å². The molecule has 20 heavy (non-hydrogen) atoms. The standard InChI is InChI=1S/C15H27F2NO2/c1-11(2)14-9-13(20-10-15(14,16)17)8-12(3)18-4-6-19-7-5-18/h11-14H,4-10H2,1-3H3. The Bertz CT molecular complexity index is 306. The van der Waals surface area contributed by atoms with Gasteiger partial charge < -0.3 is 9.47 Å². The topological polar surface area (TPSA) is 21.7 Å². The Morgan fingerprint density at radius 1 is 1.20 bits per heavy atom. The third-order valence-corrected chi connectivity index (χ3v) is 4.65. The molecule has 118 valence electrons. The maximum Gasteiger partial charge on any atom is 0.274 e. The molecule has 0 aromatic rings. The summed E-state index contributed by atoms with van der Waals surface area (Å²) in [6.45, 7) is 8.89. The van der Waals surface area contributed by atoms with Gasteiger partial charge in [0.2, 0.25) is 0 Å². The predicted molar refractivity (Wildman–Crippen MR) is 74.1 cm³/mol. The van der Waals surface area contributed by atoms with Crippen LogP contribution in [-0.4, -0.2) is 55.9 Å². The molecule has 3 unspecified atom stereocenters. The Labute approximate surface area is 120 Å². The Balaban J connectivity index is 1.87. The van der Waals surface area contributed by atoms with Gasteiger partial charge in [-0.25, -0.2) is 8.78 Å². The molecule has 0 aromatic carbocycles. The summed E-state index contributed by atoms with van der Waals surface area (Å²) in [6, 6.07) is 0.364. The summed E-state index contributed by atoms with van der Waals surface area (Å²) in [4.78, 5) is 2.37. The zero-order chi connectivity index (χ0) is 14.8. The summed E-state index contributed by atoms with van der Waals surface area (Å²) in [5.41, 5.74) is 0. The molecule has 0 spiro atoms. The van der Waals surface area contributed by atoms with Crippen molar-refractivity contribution >= 4 is 0 Å². The maximum atomic E-state index is 13.8. The summed E-state index contributed by atoms with van der Waals surface area (Å²) in [6.07, 6.45) is 1.26. The molecule has 2 aliphatic heterocycles. The van der Waals surface area contributed by atoms with Gasteiger partial charge in [0, 0.05) is 25.0 Å². The van der Waals surface area contributed by atoms with E-state index in [-0.39, 0.29) is 12.0 Å². The predicted octanol–water partition coefficient (Wildman–Crippen LogP) is 2.79. The summed E-state index contributed by atoms with van der Waals surface area (Å²) >= 11 is 0. The first-order valence-electron chi connectivity index (χ1n) is 7.71. The van der Waals surface area contributed by atoms with E-state index in [0.29, 0.717) is 12.5 Å². The maximum absolute atomic E-state index is 13.8. The van der Waals surface area contributed by atoms with E-state index in [2.05, 4.69) is 11.8 Å². The highest BCUT2D eigenvalue weighted by Crippen LogP contribution is 2.40. The van der Waals surface area contributed by atoms with Gasteiger partial charge >= 0.3 is 0 Å². The van der Waals surface area contributed by atoms with Crippen LogP contribution >= 0.6 is 0 Å². The first-order chi connectivity index (χ1) is 9.40. The highest BCUT2D eigenvalue weighted by atomic mass is 19.3. The zero-order valence-electron chi connectivity index (χ0n) is 12.8. The molecular weight excluding hydrogens is 264 g/mol. The van der Waals surface area contributed by atoms with Gasteiger partial charge in [-0.3, -0.25) is 4.90 Å². The highest BCUT2D eigenvalue weighted by Gasteiger charge is 2.47. The van der Waals surface area contributed by atoms with Crippen molar-refractivity contribution in [3.8, 4) is 0 Å². The molecule has 5 heteroatoms. The number of hydrogen-bond acceptors (Lipinski definition) is 3. The van der Waals surface area contributed by atoms with Crippen molar-refractivity contribution in [1.29, 1.82) is 0 Å². The molecule has 2 saturated heterocycles. The van der Waals surface area contributed by atoms with Crippen LogP contribution in [0, 0.1) is 11.8 Å². The van der Waals surface area contributed by atoms with Crippen molar-refractivity contribution < 1.29 is 18.3 Å². The number of ether oxygens (including phenoxy) is 2. The van der Waals surface area contributed by atoms with Gasteiger partial charge in [0.15, 0.2) is 0 Å². The molecule has 2 rings (SSSR count). The van der Waals surface area contributed by atoms with Crippen molar-refractivity contribution in [2.75, 3.05) is 32.9 Å². The van der Waals surface area contributed by atoms with Gasteiger partial charge in [-0.05, 0) is 25.7 Å². The van der Waals surface area contributed by atoms with Gasteiger partial charge in [0.25, 0.3) is 5.92 Å². The van der Waals surface area contributed by atoms with E-state index in [0.717, 1.165) is 32.7 Å².